The van der Waals surface area contributed by atoms with Crippen molar-refractivity contribution in [2.75, 3.05) is 6.61 Å². The maximum Gasteiger partial charge on any atom is 0.347 e. The summed E-state index contributed by atoms with van der Waals surface area (Å²) in [6.45, 7) is 1.81. The maximum absolute atomic E-state index is 12.6. The van der Waals surface area contributed by atoms with Crippen LogP contribution in [0.5, 0.6) is 5.75 Å². The molecule has 0 aliphatic heterocycles. The van der Waals surface area contributed by atoms with E-state index in [1.807, 2.05) is 18.2 Å². The molecule has 0 radical (unpaired) electrons. The molecule has 1 aromatic carbocycles. The number of aromatic nitrogens is 4. The van der Waals surface area contributed by atoms with E-state index in [0.717, 1.165) is 4.57 Å². The van der Waals surface area contributed by atoms with E-state index in [1.54, 1.807) is 37.7 Å². The van der Waals surface area contributed by atoms with Gasteiger partial charge in [0, 0.05) is 20.6 Å². The Hall–Kier alpha value is -3.36. The molecular weight excluding hydrogens is 364 g/mol. The van der Waals surface area contributed by atoms with Gasteiger partial charge in [-0.25, -0.2) is 14.6 Å². The van der Waals surface area contributed by atoms with Crippen molar-refractivity contribution >= 4 is 17.1 Å². The molecule has 1 atom stereocenters. The van der Waals surface area contributed by atoms with E-state index < -0.39 is 23.3 Å². The summed E-state index contributed by atoms with van der Waals surface area (Å²) in [5, 5.41) is 0. The van der Waals surface area contributed by atoms with Gasteiger partial charge in [-0.2, -0.15) is 0 Å². The van der Waals surface area contributed by atoms with Crippen LogP contribution >= 0.6 is 0 Å². The molecule has 0 saturated carbocycles. The number of ether oxygens (including phenoxy) is 2. The summed E-state index contributed by atoms with van der Waals surface area (Å²) in [7, 11) is 3.26. The minimum Gasteiger partial charge on any atom is -0.479 e. The summed E-state index contributed by atoms with van der Waals surface area (Å²) in [4.78, 5) is 41.1. The second-order valence-electron chi connectivity index (χ2n) is 6.42. The van der Waals surface area contributed by atoms with Crippen molar-refractivity contribution < 1.29 is 14.3 Å². The third kappa shape index (κ3) is 3.83. The highest BCUT2D eigenvalue weighted by Gasteiger charge is 2.17. The van der Waals surface area contributed by atoms with Crippen LogP contribution in [0.2, 0.25) is 0 Å². The summed E-state index contributed by atoms with van der Waals surface area (Å²) in [6.07, 6.45) is 1.05. The Balaban J connectivity index is 1.60. The molecule has 148 valence electrons. The number of aryl methyl sites for hydroxylation is 2. The van der Waals surface area contributed by atoms with Crippen LogP contribution in [0.4, 0.5) is 0 Å². The lowest BCUT2D eigenvalue weighted by molar-refractivity contribution is -0.151. The van der Waals surface area contributed by atoms with Crippen molar-refractivity contribution in [2.24, 2.45) is 14.1 Å². The molecule has 3 aromatic rings. The minimum absolute atomic E-state index is 0.0698. The standard InChI is InChI=1S/C19H22N4O5/c1-13(28-14-8-5-4-6-9-14)18(25)27-11-7-10-23-17(24)15-16(20-12-21(15)2)22(3)19(23)26/h4-6,8-9,12-13H,7,10-11H2,1-3H3/t13-/m0/s1. The first kappa shape index (κ1) is 19.4. The van der Waals surface area contributed by atoms with Gasteiger partial charge in [0.15, 0.2) is 17.3 Å². The first-order chi connectivity index (χ1) is 13.4. The number of hydrogen-bond donors (Lipinski definition) is 0. The first-order valence-corrected chi connectivity index (χ1v) is 8.89. The number of para-hydroxylation sites is 1. The van der Waals surface area contributed by atoms with Crippen molar-refractivity contribution in [1.82, 2.24) is 18.7 Å². The van der Waals surface area contributed by atoms with Crippen molar-refractivity contribution in [2.45, 2.75) is 26.0 Å². The van der Waals surface area contributed by atoms with E-state index in [1.165, 1.54) is 10.9 Å². The highest BCUT2D eigenvalue weighted by Crippen LogP contribution is 2.11. The smallest absolute Gasteiger partial charge is 0.347 e. The van der Waals surface area contributed by atoms with Gasteiger partial charge < -0.3 is 14.0 Å². The number of benzene rings is 1. The molecule has 3 rings (SSSR count). The van der Waals surface area contributed by atoms with Crippen LogP contribution in [-0.2, 0) is 30.2 Å². The van der Waals surface area contributed by atoms with Gasteiger partial charge in [0.05, 0.1) is 12.9 Å². The SMILES string of the molecule is C[C@H](Oc1ccccc1)C(=O)OCCCn1c(=O)c2c(ncn2C)n(C)c1=O. The molecule has 0 aliphatic carbocycles. The third-order valence-corrected chi connectivity index (χ3v) is 4.36. The normalized spacial score (nSPS) is 12.1. The Kier molecular flexibility index (Phi) is 5.62. The molecule has 0 amide bonds. The Morgan fingerprint density at radius 1 is 1.18 bits per heavy atom. The van der Waals surface area contributed by atoms with Crippen LogP contribution in [0.15, 0.2) is 46.2 Å². The van der Waals surface area contributed by atoms with Crippen LogP contribution < -0.4 is 16.0 Å². The Morgan fingerprint density at radius 2 is 1.89 bits per heavy atom. The summed E-state index contributed by atoms with van der Waals surface area (Å²) >= 11 is 0. The van der Waals surface area contributed by atoms with Gasteiger partial charge in [-0.3, -0.25) is 13.9 Å². The fraction of sp³-hybridized carbons (Fsp3) is 0.368. The lowest BCUT2D eigenvalue weighted by Crippen LogP contribution is -2.40. The van der Waals surface area contributed by atoms with Crippen LogP contribution in [0.3, 0.4) is 0 Å². The number of imidazole rings is 1. The fourth-order valence-electron chi connectivity index (χ4n) is 2.86. The highest BCUT2D eigenvalue weighted by atomic mass is 16.6. The second-order valence-corrected chi connectivity index (χ2v) is 6.42. The van der Waals surface area contributed by atoms with E-state index in [-0.39, 0.29) is 13.2 Å². The van der Waals surface area contributed by atoms with E-state index >= 15 is 0 Å². The third-order valence-electron chi connectivity index (χ3n) is 4.36. The molecule has 2 heterocycles. The average Bonchev–Trinajstić information content (AvgIpc) is 3.08. The summed E-state index contributed by atoms with van der Waals surface area (Å²) in [5.41, 5.74) is -0.176. The van der Waals surface area contributed by atoms with Gasteiger partial charge in [0.1, 0.15) is 5.75 Å². The van der Waals surface area contributed by atoms with Crippen molar-refractivity contribution in [3.8, 4) is 5.75 Å². The van der Waals surface area contributed by atoms with Gasteiger partial charge in [-0.15, -0.1) is 0 Å². The van der Waals surface area contributed by atoms with Gasteiger partial charge in [0.25, 0.3) is 5.56 Å². The molecule has 0 N–H and O–H groups in total. The van der Waals surface area contributed by atoms with Crippen LogP contribution in [0.1, 0.15) is 13.3 Å². The largest absolute Gasteiger partial charge is 0.479 e. The van der Waals surface area contributed by atoms with Crippen molar-refractivity contribution in [1.29, 1.82) is 0 Å². The predicted octanol–water partition coefficient (Wildman–Crippen LogP) is 0.835. The number of hydrogen-bond acceptors (Lipinski definition) is 6. The topological polar surface area (TPSA) is 97.3 Å². The minimum atomic E-state index is -0.760. The molecule has 0 unspecified atom stereocenters. The van der Waals surface area contributed by atoms with Crippen LogP contribution in [-0.4, -0.2) is 37.4 Å². The average molecular weight is 386 g/mol. The first-order valence-electron chi connectivity index (χ1n) is 8.89. The number of carbonyl (C=O) groups excluding carboxylic acids is 1. The van der Waals surface area contributed by atoms with E-state index in [0.29, 0.717) is 23.3 Å². The Morgan fingerprint density at radius 3 is 2.61 bits per heavy atom. The quantitative estimate of drug-likeness (QED) is 0.441. The molecule has 28 heavy (non-hydrogen) atoms. The zero-order valence-electron chi connectivity index (χ0n) is 16.0. The summed E-state index contributed by atoms with van der Waals surface area (Å²) in [6, 6.07) is 8.97. The van der Waals surface area contributed by atoms with Gasteiger partial charge in [-0.05, 0) is 25.5 Å². The van der Waals surface area contributed by atoms with E-state index in [9.17, 15) is 14.4 Å². The Bertz CT molecular complexity index is 1100. The van der Waals surface area contributed by atoms with Crippen molar-refractivity contribution in [3.63, 3.8) is 0 Å². The molecule has 9 heteroatoms. The molecule has 0 fully saturated rings. The highest BCUT2D eigenvalue weighted by molar-refractivity contribution is 5.74. The number of esters is 1. The molecular formula is C19H22N4O5. The molecule has 0 spiro atoms. The lowest BCUT2D eigenvalue weighted by Gasteiger charge is -2.14. The monoisotopic (exact) mass is 386 g/mol. The predicted molar refractivity (Wildman–Crippen MR) is 102 cm³/mol. The van der Waals surface area contributed by atoms with Gasteiger partial charge in [-0.1, -0.05) is 18.2 Å². The lowest BCUT2D eigenvalue weighted by atomic mass is 10.3. The van der Waals surface area contributed by atoms with Gasteiger partial charge >= 0.3 is 11.7 Å². The van der Waals surface area contributed by atoms with E-state index in [2.05, 4.69) is 4.98 Å². The van der Waals surface area contributed by atoms with E-state index in [4.69, 9.17) is 9.47 Å². The molecule has 9 nitrogen and oxygen atoms in total. The second kappa shape index (κ2) is 8.12. The summed E-state index contributed by atoms with van der Waals surface area (Å²) < 4.78 is 14.7. The van der Waals surface area contributed by atoms with Crippen LogP contribution in [0.25, 0.3) is 11.2 Å². The van der Waals surface area contributed by atoms with Crippen LogP contribution in [0, 0.1) is 0 Å². The molecule has 2 aromatic heterocycles. The number of fused-ring (bicyclic) bond motifs is 1. The zero-order valence-corrected chi connectivity index (χ0v) is 16.0. The molecule has 0 aliphatic rings. The number of carbonyl (C=O) groups is 1. The fourth-order valence-corrected chi connectivity index (χ4v) is 2.86. The zero-order chi connectivity index (χ0) is 20.3. The summed E-state index contributed by atoms with van der Waals surface area (Å²) in [5.74, 6) is 0.0673. The van der Waals surface area contributed by atoms with Crippen molar-refractivity contribution in [3.05, 3.63) is 57.5 Å². The molecule has 0 saturated heterocycles. The maximum atomic E-state index is 12.6. The molecule has 0 bridgehead atoms. The number of nitrogens with zero attached hydrogens (tertiary/aromatic N) is 4. The number of rotatable bonds is 7. The van der Waals surface area contributed by atoms with Gasteiger partial charge in [0.2, 0.25) is 0 Å². The Labute approximate surface area is 160 Å².